The van der Waals surface area contributed by atoms with Crippen molar-refractivity contribution < 1.29 is 9.26 Å². The Morgan fingerprint density at radius 1 is 1.43 bits per heavy atom. The Hall–Kier alpha value is -2.03. The molecule has 1 fully saturated rings. The maximum Gasteiger partial charge on any atom is 0.246 e. The number of thiophene rings is 1. The summed E-state index contributed by atoms with van der Waals surface area (Å²) in [5.74, 6) is 1.25. The van der Waals surface area contributed by atoms with E-state index >= 15 is 0 Å². The molecule has 23 heavy (non-hydrogen) atoms. The lowest BCUT2D eigenvalue weighted by molar-refractivity contribution is -0.0241. The zero-order chi connectivity index (χ0) is 15.6. The van der Waals surface area contributed by atoms with Gasteiger partial charge in [0.15, 0.2) is 0 Å². The van der Waals surface area contributed by atoms with E-state index in [2.05, 4.69) is 20.1 Å². The second kappa shape index (κ2) is 6.23. The van der Waals surface area contributed by atoms with Gasteiger partial charge in [-0.15, -0.1) is 11.3 Å². The molecule has 0 unspecified atom stereocenters. The van der Waals surface area contributed by atoms with Crippen LogP contribution in [0, 0.1) is 0 Å². The van der Waals surface area contributed by atoms with Crippen LogP contribution in [0.4, 0.5) is 0 Å². The molecule has 1 aliphatic rings. The Labute approximate surface area is 137 Å². The number of rotatable bonds is 4. The Morgan fingerprint density at radius 3 is 3.17 bits per heavy atom. The smallest absolute Gasteiger partial charge is 0.246 e. The van der Waals surface area contributed by atoms with E-state index in [0.717, 1.165) is 23.5 Å². The molecule has 0 aliphatic carbocycles. The lowest BCUT2D eigenvalue weighted by atomic mass is 10.2. The van der Waals surface area contributed by atoms with Crippen molar-refractivity contribution in [1.82, 2.24) is 24.8 Å². The van der Waals surface area contributed by atoms with Crippen molar-refractivity contribution in [2.24, 2.45) is 7.05 Å². The first-order valence-electron chi connectivity index (χ1n) is 7.46. The molecule has 0 N–H and O–H groups in total. The first-order valence-corrected chi connectivity index (χ1v) is 8.34. The number of hydrogen-bond donors (Lipinski definition) is 0. The summed E-state index contributed by atoms with van der Waals surface area (Å²) in [6.07, 6.45) is 3.91. The molecule has 0 amide bonds. The van der Waals surface area contributed by atoms with Gasteiger partial charge in [0, 0.05) is 31.9 Å². The molecule has 0 aromatic carbocycles. The summed E-state index contributed by atoms with van der Waals surface area (Å²) in [7, 11) is 1.92. The van der Waals surface area contributed by atoms with Gasteiger partial charge in [-0.1, -0.05) is 11.2 Å². The molecule has 0 bridgehead atoms. The van der Waals surface area contributed by atoms with Crippen LogP contribution in [0.5, 0.6) is 0 Å². The van der Waals surface area contributed by atoms with E-state index in [0.29, 0.717) is 24.9 Å². The van der Waals surface area contributed by atoms with Crippen LogP contribution in [0.3, 0.4) is 0 Å². The summed E-state index contributed by atoms with van der Waals surface area (Å²) in [5, 5.41) is 10.3. The normalized spacial score (nSPS) is 19.3. The minimum Gasteiger partial charge on any atom is -0.378 e. The minimum atomic E-state index is -0.0230. The lowest BCUT2D eigenvalue weighted by Crippen LogP contribution is -2.39. The summed E-state index contributed by atoms with van der Waals surface area (Å²) in [6, 6.07) is 3.95. The maximum atomic E-state index is 5.62. The van der Waals surface area contributed by atoms with Crippen LogP contribution in [0.2, 0.25) is 0 Å². The van der Waals surface area contributed by atoms with E-state index in [9.17, 15) is 0 Å². The van der Waals surface area contributed by atoms with Crippen molar-refractivity contribution in [3.8, 4) is 10.7 Å². The predicted octanol–water partition coefficient (Wildman–Crippen LogP) is 2.11. The molecule has 0 radical (unpaired) electrons. The molecule has 0 spiro atoms. The monoisotopic (exact) mass is 331 g/mol. The summed E-state index contributed by atoms with van der Waals surface area (Å²) in [5.41, 5.74) is 1.16. The third-order valence-corrected chi connectivity index (χ3v) is 4.72. The van der Waals surface area contributed by atoms with Gasteiger partial charge in [-0.3, -0.25) is 9.58 Å². The highest BCUT2D eigenvalue weighted by Gasteiger charge is 2.30. The van der Waals surface area contributed by atoms with Gasteiger partial charge in [-0.05, 0) is 11.4 Å². The molecule has 3 aromatic heterocycles. The molecule has 120 valence electrons. The van der Waals surface area contributed by atoms with E-state index in [4.69, 9.17) is 9.26 Å². The Balaban J connectivity index is 1.55. The Bertz CT molecular complexity index is 767. The van der Waals surface area contributed by atoms with Gasteiger partial charge in [-0.25, -0.2) is 0 Å². The summed E-state index contributed by atoms with van der Waals surface area (Å²) in [6.45, 7) is 2.89. The molecule has 0 saturated carbocycles. The quantitative estimate of drug-likeness (QED) is 0.729. The van der Waals surface area contributed by atoms with Gasteiger partial charge in [0.1, 0.15) is 6.04 Å². The minimum absolute atomic E-state index is 0.0230. The summed E-state index contributed by atoms with van der Waals surface area (Å²) < 4.78 is 12.9. The first kappa shape index (κ1) is 14.6. The predicted molar refractivity (Wildman–Crippen MR) is 84.8 cm³/mol. The second-order valence-electron chi connectivity index (χ2n) is 5.52. The molecule has 1 aliphatic heterocycles. The van der Waals surface area contributed by atoms with Crippen molar-refractivity contribution in [3.63, 3.8) is 0 Å². The molecular weight excluding hydrogens is 314 g/mol. The van der Waals surface area contributed by atoms with Gasteiger partial charge in [-0.2, -0.15) is 10.1 Å². The zero-order valence-electron chi connectivity index (χ0n) is 12.8. The van der Waals surface area contributed by atoms with Crippen LogP contribution in [-0.4, -0.2) is 44.6 Å². The fourth-order valence-corrected chi connectivity index (χ4v) is 3.37. The lowest BCUT2D eigenvalue weighted by Gasteiger charge is -2.32. The van der Waals surface area contributed by atoms with Crippen molar-refractivity contribution >= 4 is 11.3 Å². The second-order valence-corrected chi connectivity index (χ2v) is 6.46. The topological polar surface area (TPSA) is 69.2 Å². The van der Waals surface area contributed by atoms with Crippen LogP contribution in [0.1, 0.15) is 17.5 Å². The van der Waals surface area contributed by atoms with Gasteiger partial charge in [0.2, 0.25) is 11.7 Å². The Morgan fingerprint density at radius 2 is 2.39 bits per heavy atom. The zero-order valence-corrected chi connectivity index (χ0v) is 13.6. The maximum absolute atomic E-state index is 5.62. The van der Waals surface area contributed by atoms with E-state index in [1.54, 1.807) is 11.3 Å². The van der Waals surface area contributed by atoms with Gasteiger partial charge in [0.25, 0.3) is 0 Å². The van der Waals surface area contributed by atoms with Crippen LogP contribution in [0.15, 0.2) is 34.4 Å². The van der Waals surface area contributed by atoms with Crippen molar-refractivity contribution in [2.75, 3.05) is 19.8 Å². The standard InChI is InChI=1S/C15H17N5O2S/c1-19-8-11(7-16-19)9-20-4-5-21-10-12(20)15-17-14(18-22-15)13-3-2-6-23-13/h2-3,6-8,12H,4-5,9-10H2,1H3/t12-/m1/s1. The number of nitrogens with zero attached hydrogens (tertiary/aromatic N) is 5. The largest absolute Gasteiger partial charge is 0.378 e. The fourth-order valence-electron chi connectivity index (χ4n) is 2.72. The molecule has 1 atom stereocenters. The first-order chi connectivity index (χ1) is 11.3. The molecule has 4 rings (SSSR count). The molecular formula is C15H17N5O2S. The average Bonchev–Trinajstić information content (AvgIpc) is 3.28. The van der Waals surface area contributed by atoms with Crippen LogP contribution < -0.4 is 0 Å². The number of hydrogen-bond acceptors (Lipinski definition) is 7. The molecule has 3 aromatic rings. The van der Waals surface area contributed by atoms with E-state index in [-0.39, 0.29) is 6.04 Å². The van der Waals surface area contributed by atoms with Crippen LogP contribution >= 0.6 is 11.3 Å². The Kier molecular flexibility index (Phi) is 3.94. The molecule has 4 heterocycles. The van der Waals surface area contributed by atoms with Gasteiger partial charge < -0.3 is 9.26 Å². The van der Waals surface area contributed by atoms with E-state index < -0.39 is 0 Å². The van der Waals surface area contributed by atoms with E-state index in [1.165, 1.54) is 0 Å². The SMILES string of the molecule is Cn1cc(CN2CCOC[C@@H]2c2nc(-c3cccs3)no2)cn1. The highest BCUT2D eigenvalue weighted by Crippen LogP contribution is 2.28. The summed E-state index contributed by atoms with van der Waals surface area (Å²) >= 11 is 1.60. The molecule has 1 saturated heterocycles. The third-order valence-electron chi connectivity index (χ3n) is 3.85. The van der Waals surface area contributed by atoms with Crippen molar-refractivity contribution in [2.45, 2.75) is 12.6 Å². The van der Waals surface area contributed by atoms with Crippen molar-refractivity contribution in [3.05, 3.63) is 41.4 Å². The number of aryl methyl sites for hydroxylation is 1. The number of aromatic nitrogens is 4. The fraction of sp³-hybridized carbons (Fsp3) is 0.400. The van der Waals surface area contributed by atoms with Crippen LogP contribution in [0.25, 0.3) is 10.7 Å². The molecule has 7 nitrogen and oxygen atoms in total. The van der Waals surface area contributed by atoms with Gasteiger partial charge >= 0.3 is 0 Å². The van der Waals surface area contributed by atoms with Gasteiger partial charge in [0.05, 0.1) is 24.3 Å². The highest BCUT2D eigenvalue weighted by atomic mass is 32.1. The highest BCUT2D eigenvalue weighted by molar-refractivity contribution is 7.13. The number of ether oxygens (including phenoxy) is 1. The van der Waals surface area contributed by atoms with Crippen molar-refractivity contribution in [1.29, 1.82) is 0 Å². The number of morpholine rings is 1. The van der Waals surface area contributed by atoms with E-state index in [1.807, 2.05) is 41.6 Å². The van der Waals surface area contributed by atoms with Crippen LogP contribution in [-0.2, 0) is 18.3 Å². The summed E-state index contributed by atoms with van der Waals surface area (Å²) in [4.78, 5) is 7.87. The average molecular weight is 331 g/mol. The molecule has 8 heteroatoms. The third kappa shape index (κ3) is 3.05.